The predicted octanol–water partition coefficient (Wildman–Crippen LogP) is 7.63. The predicted molar refractivity (Wildman–Crippen MR) is 168 cm³/mol. The first-order valence-corrected chi connectivity index (χ1v) is 15.9. The van der Waals surface area contributed by atoms with Crippen molar-refractivity contribution in [2.75, 3.05) is 17.7 Å². The number of hydrogen-bond donors (Lipinski definition) is 2. The van der Waals surface area contributed by atoms with E-state index in [2.05, 4.69) is 34.9 Å². The molecule has 2 aliphatic carbocycles. The molecule has 2 N–H and O–H groups in total. The second-order valence-corrected chi connectivity index (χ2v) is 13.0. The molecule has 42 heavy (non-hydrogen) atoms. The number of rotatable bonds is 9. The molecule has 1 fully saturated rings. The summed E-state index contributed by atoms with van der Waals surface area (Å²) in [5.41, 5.74) is 4.31. The van der Waals surface area contributed by atoms with E-state index in [-0.39, 0.29) is 17.7 Å². The van der Waals surface area contributed by atoms with Crippen LogP contribution in [0.25, 0.3) is 0 Å². The molecule has 1 heterocycles. The zero-order valence-corrected chi connectivity index (χ0v) is 24.9. The molecule has 0 spiro atoms. The van der Waals surface area contributed by atoms with Gasteiger partial charge in [-0.1, -0.05) is 66.7 Å². The van der Waals surface area contributed by atoms with Crippen LogP contribution in [-0.2, 0) is 27.2 Å². The van der Waals surface area contributed by atoms with Gasteiger partial charge in [-0.3, -0.25) is 9.59 Å². The van der Waals surface area contributed by atoms with E-state index in [0.29, 0.717) is 16.5 Å². The van der Waals surface area contributed by atoms with E-state index < -0.39 is 11.2 Å². The number of esters is 1. The highest BCUT2D eigenvalue weighted by atomic mass is 32.2. The lowest BCUT2D eigenvalue weighted by molar-refractivity contribution is -0.117. The van der Waals surface area contributed by atoms with Crippen LogP contribution < -0.4 is 10.6 Å². The molecule has 1 aromatic heterocycles. The Morgan fingerprint density at radius 1 is 0.905 bits per heavy atom. The van der Waals surface area contributed by atoms with Crippen LogP contribution in [0.15, 0.2) is 89.8 Å². The molecule has 0 radical (unpaired) electrons. The van der Waals surface area contributed by atoms with Gasteiger partial charge in [0.2, 0.25) is 11.8 Å². The second kappa shape index (κ2) is 12.5. The van der Waals surface area contributed by atoms with E-state index in [4.69, 9.17) is 4.74 Å². The molecule has 6 nitrogen and oxygen atoms in total. The summed E-state index contributed by atoms with van der Waals surface area (Å²) in [7, 11) is 1.38. The normalized spacial score (nSPS) is 16.6. The molecule has 4 aromatic rings. The van der Waals surface area contributed by atoms with Crippen LogP contribution in [0.2, 0.25) is 0 Å². The maximum atomic E-state index is 14.0. The third kappa shape index (κ3) is 6.30. The number of methoxy groups -OCH3 is 1. The summed E-state index contributed by atoms with van der Waals surface area (Å²) in [6.07, 6.45) is 4.37. The summed E-state index contributed by atoms with van der Waals surface area (Å²) in [4.78, 5) is 41.3. The number of anilines is 2. The summed E-state index contributed by atoms with van der Waals surface area (Å²) < 4.78 is 5.18. The van der Waals surface area contributed by atoms with Crippen LogP contribution in [0.5, 0.6) is 0 Å². The van der Waals surface area contributed by atoms with Gasteiger partial charge in [0.25, 0.3) is 0 Å². The number of benzene rings is 3. The van der Waals surface area contributed by atoms with Crippen molar-refractivity contribution in [3.8, 4) is 0 Å². The average Bonchev–Trinajstić information content (AvgIpc) is 3.82. The van der Waals surface area contributed by atoms with Gasteiger partial charge >= 0.3 is 5.97 Å². The highest BCUT2D eigenvalue weighted by Crippen LogP contribution is 2.44. The standard InChI is InChI=1S/C34H32N2O4S2/c1-40-34(39)29-27-18-17-24(21-9-4-2-5-10-21)19-28(27)42-33(29)36-32(38)30(22-11-6-3-7-12-22)41-26-14-8-13-25(20-26)35-31(37)23-15-16-23/h2-14,20,23-24,30H,15-19H2,1H3,(H,35,37)(H,36,38). The summed E-state index contributed by atoms with van der Waals surface area (Å²) >= 11 is 2.89. The molecule has 2 aliphatic rings. The minimum absolute atomic E-state index is 0.0426. The first-order valence-electron chi connectivity index (χ1n) is 14.2. The third-order valence-corrected chi connectivity index (χ3v) is 10.2. The number of nitrogens with one attached hydrogen (secondary N) is 2. The fourth-order valence-corrected chi connectivity index (χ4v) is 7.85. The number of thiophene rings is 1. The Balaban J connectivity index is 1.27. The van der Waals surface area contributed by atoms with E-state index in [1.54, 1.807) is 0 Å². The highest BCUT2D eigenvalue weighted by molar-refractivity contribution is 8.00. The molecule has 2 unspecified atom stereocenters. The van der Waals surface area contributed by atoms with Gasteiger partial charge in [0.15, 0.2) is 0 Å². The van der Waals surface area contributed by atoms with Crippen LogP contribution >= 0.6 is 23.1 Å². The van der Waals surface area contributed by atoms with Crippen LogP contribution in [0, 0.1) is 5.92 Å². The number of hydrogen-bond acceptors (Lipinski definition) is 6. The quantitative estimate of drug-likeness (QED) is 0.153. The fraction of sp³-hybridized carbons (Fsp3) is 0.265. The Morgan fingerprint density at radius 2 is 1.64 bits per heavy atom. The largest absolute Gasteiger partial charge is 0.465 e. The minimum atomic E-state index is -0.581. The van der Waals surface area contributed by atoms with Gasteiger partial charge in [0.1, 0.15) is 10.3 Å². The van der Waals surface area contributed by atoms with Crippen molar-refractivity contribution in [1.82, 2.24) is 0 Å². The molecule has 3 aromatic carbocycles. The number of fused-ring (bicyclic) bond motifs is 1. The second-order valence-electron chi connectivity index (χ2n) is 10.7. The van der Waals surface area contributed by atoms with Crippen LogP contribution in [0.4, 0.5) is 10.7 Å². The van der Waals surface area contributed by atoms with E-state index in [1.165, 1.54) is 35.8 Å². The van der Waals surface area contributed by atoms with E-state index in [1.807, 2.05) is 60.7 Å². The van der Waals surface area contributed by atoms with Crippen molar-refractivity contribution < 1.29 is 19.1 Å². The van der Waals surface area contributed by atoms with Gasteiger partial charge in [0, 0.05) is 21.4 Å². The lowest BCUT2D eigenvalue weighted by atomic mass is 9.83. The molecule has 214 valence electrons. The SMILES string of the molecule is COC(=O)c1c(NC(=O)C(Sc2cccc(NC(=O)C3CC3)c2)c2ccccc2)sc2c1CCC(c1ccccc1)C2. The molecule has 1 saturated carbocycles. The topological polar surface area (TPSA) is 84.5 Å². The lowest BCUT2D eigenvalue weighted by Gasteiger charge is -2.22. The highest BCUT2D eigenvalue weighted by Gasteiger charge is 2.33. The number of ether oxygens (including phenoxy) is 1. The maximum absolute atomic E-state index is 14.0. The van der Waals surface area contributed by atoms with Gasteiger partial charge in [-0.25, -0.2) is 4.79 Å². The van der Waals surface area contributed by atoms with Crippen molar-refractivity contribution in [2.24, 2.45) is 5.92 Å². The number of carbonyl (C=O) groups is 3. The van der Waals surface area contributed by atoms with E-state index >= 15 is 0 Å². The maximum Gasteiger partial charge on any atom is 0.341 e. The third-order valence-electron chi connectivity index (χ3n) is 7.81. The van der Waals surface area contributed by atoms with Crippen molar-refractivity contribution in [3.63, 3.8) is 0 Å². The average molecular weight is 597 g/mol. The molecular formula is C34H32N2O4S2. The van der Waals surface area contributed by atoms with E-state index in [0.717, 1.165) is 58.7 Å². The number of carbonyl (C=O) groups excluding carboxylic acids is 3. The van der Waals surface area contributed by atoms with Crippen LogP contribution in [0.1, 0.15) is 62.4 Å². The molecule has 0 saturated heterocycles. The molecule has 0 bridgehead atoms. The Kier molecular flexibility index (Phi) is 8.44. The zero-order chi connectivity index (χ0) is 29.1. The lowest BCUT2D eigenvalue weighted by Crippen LogP contribution is -2.20. The summed E-state index contributed by atoms with van der Waals surface area (Å²) in [5.74, 6) is -0.133. The fourth-order valence-electron chi connectivity index (χ4n) is 5.45. The first kappa shape index (κ1) is 28.2. The monoisotopic (exact) mass is 596 g/mol. The summed E-state index contributed by atoms with van der Waals surface area (Å²) in [5, 5.41) is 6.07. The summed E-state index contributed by atoms with van der Waals surface area (Å²) in [6, 6.07) is 27.6. The minimum Gasteiger partial charge on any atom is -0.465 e. The molecule has 0 aliphatic heterocycles. The van der Waals surface area contributed by atoms with Gasteiger partial charge in [0.05, 0.1) is 12.7 Å². The zero-order valence-electron chi connectivity index (χ0n) is 23.3. The van der Waals surface area contributed by atoms with Gasteiger partial charge in [-0.2, -0.15) is 0 Å². The Morgan fingerprint density at radius 3 is 2.36 bits per heavy atom. The summed E-state index contributed by atoms with van der Waals surface area (Å²) in [6.45, 7) is 0. The van der Waals surface area contributed by atoms with E-state index in [9.17, 15) is 14.4 Å². The smallest absolute Gasteiger partial charge is 0.341 e. The van der Waals surface area contributed by atoms with Crippen LogP contribution in [0.3, 0.4) is 0 Å². The molecule has 2 amide bonds. The van der Waals surface area contributed by atoms with Gasteiger partial charge < -0.3 is 15.4 Å². The van der Waals surface area contributed by atoms with Crippen molar-refractivity contribution in [3.05, 3.63) is 112 Å². The van der Waals surface area contributed by atoms with Crippen molar-refractivity contribution >= 4 is 51.6 Å². The Labute approximate surface area is 253 Å². The molecule has 8 heteroatoms. The van der Waals surface area contributed by atoms with Crippen molar-refractivity contribution in [1.29, 1.82) is 0 Å². The van der Waals surface area contributed by atoms with Crippen molar-refractivity contribution in [2.45, 2.75) is 48.2 Å². The number of amides is 2. The molecule has 2 atom stereocenters. The Bertz CT molecular complexity index is 1600. The number of thioether (sulfide) groups is 1. The van der Waals surface area contributed by atoms with Gasteiger partial charge in [-0.05, 0) is 72.9 Å². The molecule has 6 rings (SSSR count). The molecular weight excluding hydrogens is 565 g/mol. The first-order chi connectivity index (χ1) is 20.5. The Hall–Kier alpha value is -3.88. The van der Waals surface area contributed by atoms with Crippen LogP contribution in [-0.4, -0.2) is 24.9 Å². The van der Waals surface area contributed by atoms with Gasteiger partial charge in [-0.15, -0.1) is 23.1 Å².